The van der Waals surface area contributed by atoms with Crippen LogP contribution in [0.4, 0.5) is 0 Å². The molecule has 2 nitrogen and oxygen atoms in total. The van der Waals surface area contributed by atoms with E-state index in [1.807, 2.05) is 0 Å². The molecule has 0 radical (unpaired) electrons. The summed E-state index contributed by atoms with van der Waals surface area (Å²) in [5.41, 5.74) is 10.6. The number of benzene rings is 1. The van der Waals surface area contributed by atoms with Gasteiger partial charge in [-0.1, -0.05) is 19.9 Å². The lowest BCUT2D eigenvalue weighted by Crippen LogP contribution is -2.23. The molecule has 0 saturated carbocycles. The summed E-state index contributed by atoms with van der Waals surface area (Å²) < 4.78 is 5.91. The topological polar surface area (TPSA) is 35.2 Å². The maximum absolute atomic E-state index is 6.13. The van der Waals surface area contributed by atoms with Gasteiger partial charge < -0.3 is 10.5 Å². The molecule has 2 heteroatoms. The van der Waals surface area contributed by atoms with Gasteiger partial charge in [-0.05, 0) is 67.7 Å². The minimum atomic E-state index is 0.286. The van der Waals surface area contributed by atoms with Crippen LogP contribution in [-0.2, 0) is 19.3 Å². The van der Waals surface area contributed by atoms with Gasteiger partial charge >= 0.3 is 0 Å². The van der Waals surface area contributed by atoms with E-state index in [0.29, 0.717) is 0 Å². The number of rotatable bonds is 6. The van der Waals surface area contributed by atoms with Gasteiger partial charge in [0.05, 0.1) is 6.61 Å². The third-order valence-corrected chi connectivity index (χ3v) is 4.06. The molecule has 1 aliphatic carbocycles. The van der Waals surface area contributed by atoms with Crippen LogP contribution in [0, 0.1) is 0 Å². The predicted molar refractivity (Wildman–Crippen MR) is 80.8 cm³/mol. The SMILES string of the molecule is CCCOc1ccc(CC(N)CC)c2c1CCCC2. The zero-order valence-electron chi connectivity index (χ0n) is 12.4. The Balaban J connectivity index is 2.26. The van der Waals surface area contributed by atoms with Crippen LogP contribution in [-0.4, -0.2) is 12.6 Å². The van der Waals surface area contributed by atoms with E-state index >= 15 is 0 Å². The minimum absolute atomic E-state index is 0.286. The van der Waals surface area contributed by atoms with Crippen molar-refractivity contribution in [2.24, 2.45) is 5.73 Å². The fourth-order valence-corrected chi connectivity index (χ4v) is 2.87. The van der Waals surface area contributed by atoms with E-state index in [1.165, 1.54) is 42.4 Å². The Bertz CT molecular complexity index is 414. The van der Waals surface area contributed by atoms with Crippen molar-refractivity contribution in [2.45, 2.75) is 64.8 Å². The van der Waals surface area contributed by atoms with Crippen LogP contribution in [0.25, 0.3) is 0 Å². The Morgan fingerprint density at radius 1 is 1.16 bits per heavy atom. The van der Waals surface area contributed by atoms with Crippen molar-refractivity contribution in [1.82, 2.24) is 0 Å². The zero-order chi connectivity index (χ0) is 13.7. The quantitative estimate of drug-likeness (QED) is 0.848. The molecule has 1 aromatic rings. The lowest BCUT2D eigenvalue weighted by atomic mass is 9.85. The Kier molecular flexibility index (Phi) is 5.26. The molecule has 0 saturated heterocycles. The fourth-order valence-electron chi connectivity index (χ4n) is 2.87. The molecule has 0 aromatic heterocycles. The molecule has 0 fully saturated rings. The van der Waals surface area contributed by atoms with Gasteiger partial charge in [0.1, 0.15) is 5.75 Å². The standard InChI is InChI=1S/C17H27NO/c1-3-11-19-17-10-9-13(12-14(18)4-2)15-7-5-6-8-16(15)17/h9-10,14H,3-8,11-12,18H2,1-2H3. The van der Waals surface area contributed by atoms with Crippen LogP contribution < -0.4 is 10.5 Å². The van der Waals surface area contributed by atoms with Crippen molar-refractivity contribution in [3.05, 3.63) is 28.8 Å². The Morgan fingerprint density at radius 2 is 1.89 bits per heavy atom. The van der Waals surface area contributed by atoms with E-state index in [9.17, 15) is 0 Å². The molecule has 1 unspecified atom stereocenters. The molecular weight excluding hydrogens is 234 g/mol. The summed E-state index contributed by atoms with van der Waals surface area (Å²) >= 11 is 0. The molecule has 0 spiro atoms. The average molecular weight is 261 g/mol. The second-order valence-electron chi connectivity index (χ2n) is 5.61. The molecule has 0 heterocycles. The van der Waals surface area contributed by atoms with Crippen LogP contribution in [0.5, 0.6) is 5.75 Å². The summed E-state index contributed by atoms with van der Waals surface area (Å²) in [5, 5.41) is 0. The van der Waals surface area contributed by atoms with Gasteiger partial charge in [0.25, 0.3) is 0 Å². The highest BCUT2D eigenvalue weighted by atomic mass is 16.5. The van der Waals surface area contributed by atoms with Gasteiger partial charge in [0, 0.05) is 6.04 Å². The second kappa shape index (κ2) is 6.95. The number of fused-ring (bicyclic) bond motifs is 1. The van der Waals surface area contributed by atoms with Gasteiger partial charge in [-0.15, -0.1) is 0 Å². The summed E-state index contributed by atoms with van der Waals surface area (Å²) in [4.78, 5) is 0. The average Bonchev–Trinajstić information content (AvgIpc) is 2.46. The van der Waals surface area contributed by atoms with Gasteiger partial charge in [-0.2, -0.15) is 0 Å². The van der Waals surface area contributed by atoms with Crippen LogP contribution in [0.15, 0.2) is 12.1 Å². The molecule has 19 heavy (non-hydrogen) atoms. The summed E-state index contributed by atoms with van der Waals surface area (Å²) in [6.45, 7) is 5.14. The monoisotopic (exact) mass is 261 g/mol. The van der Waals surface area contributed by atoms with Gasteiger partial charge in [-0.3, -0.25) is 0 Å². The summed E-state index contributed by atoms with van der Waals surface area (Å²) in [5.74, 6) is 1.12. The van der Waals surface area contributed by atoms with Crippen molar-refractivity contribution in [3.63, 3.8) is 0 Å². The van der Waals surface area contributed by atoms with Crippen molar-refractivity contribution in [2.75, 3.05) is 6.61 Å². The molecule has 2 rings (SSSR count). The number of hydrogen-bond acceptors (Lipinski definition) is 2. The summed E-state index contributed by atoms with van der Waals surface area (Å²) in [6, 6.07) is 4.69. The smallest absolute Gasteiger partial charge is 0.122 e. The zero-order valence-corrected chi connectivity index (χ0v) is 12.4. The van der Waals surface area contributed by atoms with Crippen molar-refractivity contribution in [3.8, 4) is 5.75 Å². The number of ether oxygens (including phenoxy) is 1. The highest BCUT2D eigenvalue weighted by Crippen LogP contribution is 2.33. The Labute approximate surface area is 117 Å². The molecule has 106 valence electrons. The van der Waals surface area contributed by atoms with E-state index in [0.717, 1.165) is 31.6 Å². The maximum Gasteiger partial charge on any atom is 0.122 e. The van der Waals surface area contributed by atoms with Crippen molar-refractivity contribution >= 4 is 0 Å². The summed E-state index contributed by atoms with van der Waals surface area (Å²) in [7, 11) is 0. The molecule has 2 N–H and O–H groups in total. The van der Waals surface area contributed by atoms with E-state index in [4.69, 9.17) is 10.5 Å². The molecule has 1 atom stereocenters. The van der Waals surface area contributed by atoms with Crippen molar-refractivity contribution in [1.29, 1.82) is 0 Å². The maximum atomic E-state index is 6.13. The predicted octanol–water partition coefficient (Wildman–Crippen LogP) is 3.63. The molecule has 1 aromatic carbocycles. The lowest BCUT2D eigenvalue weighted by Gasteiger charge is -2.24. The first-order valence-electron chi connectivity index (χ1n) is 7.78. The van der Waals surface area contributed by atoms with Gasteiger partial charge in [-0.25, -0.2) is 0 Å². The van der Waals surface area contributed by atoms with Gasteiger partial charge in [0.15, 0.2) is 0 Å². The molecule has 0 aliphatic heterocycles. The molecule has 1 aliphatic rings. The third kappa shape index (κ3) is 3.50. The highest BCUT2D eigenvalue weighted by Gasteiger charge is 2.18. The first kappa shape index (κ1) is 14.4. The van der Waals surface area contributed by atoms with E-state index in [-0.39, 0.29) is 6.04 Å². The number of nitrogens with two attached hydrogens (primary N) is 1. The molecular formula is C17H27NO. The highest BCUT2D eigenvalue weighted by molar-refractivity contribution is 5.47. The van der Waals surface area contributed by atoms with E-state index in [1.54, 1.807) is 0 Å². The first-order valence-corrected chi connectivity index (χ1v) is 7.78. The Hall–Kier alpha value is -1.02. The third-order valence-electron chi connectivity index (χ3n) is 4.06. The summed E-state index contributed by atoms with van der Waals surface area (Å²) in [6.07, 6.45) is 8.08. The van der Waals surface area contributed by atoms with Crippen LogP contribution in [0.3, 0.4) is 0 Å². The van der Waals surface area contributed by atoms with Crippen LogP contribution in [0.2, 0.25) is 0 Å². The first-order chi connectivity index (χ1) is 9.26. The Morgan fingerprint density at radius 3 is 2.58 bits per heavy atom. The largest absolute Gasteiger partial charge is 0.493 e. The van der Waals surface area contributed by atoms with Crippen LogP contribution >= 0.6 is 0 Å². The van der Waals surface area contributed by atoms with Crippen molar-refractivity contribution < 1.29 is 4.74 Å². The fraction of sp³-hybridized carbons (Fsp3) is 0.647. The molecule has 0 bridgehead atoms. The normalized spacial score (nSPS) is 15.9. The minimum Gasteiger partial charge on any atom is -0.493 e. The molecule has 0 amide bonds. The van der Waals surface area contributed by atoms with Gasteiger partial charge in [0.2, 0.25) is 0 Å². The van der Waals surface area contributed by atoms with Crippen LogP contribution in [0.1, 0.15) is 56.2 Å². The number of hydrogen-bond donors (Lipinski definition) is 1. The lowest BCUT2D eigenvalue weighted by molar-refractivity contribution is 0.312. The second-order valence-corrected chi connectivity index (χ2v) is 5.61. The van der Waals surface area contributed by atoms with E-state index < -0.39 is 0 Å². The van der Waals surface area contributed by atoms with E-state index in [2.05, 4.69) is 26.0 Å².